The summed E-state index contributed by atoms with van der Waals surface area (Å²) >= 11 is 5.84. The Bertz CT molecular complexity index is 1720. The molecule has 1 amide bonds. The van der Waals surface area contributed by atoms with Gasteiger partial charge in [-0.2, -0.15) is 0 Å². The van der Waals surface area contributed by atoms with Crippen molar-refractivity contribution in [1.29, 1.82) is 0 Å². The standard InChI is InChI=1S/C27H28ClF2N5O6S/c1-5-39-19-12-7-16(13-20(19)40-6-2)14-35-22-23(33(3)26(38)34(4)24(22)37)32-25(35)42-15-21(36)31-17-8-10-18(11-9-17)41-27(28,29)30/h7-13H,5-6,14-15H2,1-4H3,(H,31,36). The summed E-state index contributed by atoms with van der Waals surface area (Å²) in [7, 11) is 2.90. The van der Waals surface area contributed by atoms with Gasteiger partial charge in [0, 0.05) is 31.4 Å². The Labute approximate surface area is 248 Å². The first-order valence-electron chi connectivity index (χ1n) is 12.7. The van der Waals surface area contributed by atoms with Gasteiger partial charge in [-0.05, 0) is 55.8 Å². The first-order valence-corrected chi connectivity index (χ1v) is 14.1. The van der Waals surface area contributed by atoms with Crippen molar-refractivity contribution in [3.8, 4) is 17.2 Å². The summed E-state index contributed by atoms with van der Waals surface area (Å²) in [4.78, 5) is 43.1. The fourth-order valence-electron chi connectivity index (χ4n) is 4.13. The van der Waals surface area contributed by atoms with Crippen molar-refractivity contribution >= 4 is 46.1 Å². The van der Waals surface area contributed by atoms with E-state index in [4.69, 9.17) is 21.1 Å². The Balaban J connectivity index is 1.63. The summed E-state index contributed by atoms with van der Waals surface area (Å²) in [6.07, 6.45) is 0. The van der Waals surface area contributed by atoms with E-state index >= 15 is 0 Å². The number of aryl methyl sites for hydroxylation is 1. The average molecular weight is 624 g/mol. The van der Waals surface area contributed by atoms with Crippen molar-refractivity contribution in [2.45, 2.75) is 31.1 Å². The lowest BCUT2D eigenvalue weighted by molar-refractivity contribution is -0.113. The van der Waals surface area contributed by atoms with Crippen LogP contribution < -0.4 is 30.8 Å². The van der Waals surface area contributed by atoms with Crippen molar-refractivity contribution in [3.63, 3.8) is 0 Å². The number of ether oxygens (including phenoxy) is 3. The smallest absolute Gasteiger partial charge is 0.487 e. The molecule has 1 N–H and O–H groups in total. The van der Waals surface area contributed by atoms with Crippen molar-refractivity contribution in [3.05, 3.63) is 68.9 Å². The van der Waals surface area contributed by atoms with E-state index < -0.39 is 22.7 Å². The molecule has 0 aliphatic carbocycles. The Morgan fingerprint density at radius 2 is 1.69 bits per heavy atom. The molecule has 0 bridgehead atoms. The molecule has 0 aliphatic rings. The lowest BCUT2D eigenvalue weighted by atomic mass is 10.2. The molecule has 2 heterocycles. The van der Waals surface area contributed by atoms with E-state index in [2.05, 4.69) is 15.0 Å². The minimum Gasteiger partial charge on any atom is -0.490 e. The van der Waals surface area contributed by atoms with Crippen LogP contribution in [-0.2, 0) is 25.4 Å². The monoisotopic (exact) mass is 623 g/mol. The van der Waals surface area contributed by atoms with E-state index in [1.54, 1.807) is 16.7 Å². The number of fused-ring (bicyclic) bond motifs is 1. The lowest BCUT2D eigenvalue weighted by Crippen LogP contribution is -2.37. The third-order valence-corrected chi connectivity index (χ3v) is 7.02. The summed E-state index contributed by atoms with van der Waals surface area (Å²) in [5.74, 6) is 0.422. The molecule has 11 nitrogen and oxygen atoms in total. The summed E-state index contributed by atoms with van der Waals surface area (Å²) in [5.41, 5.74) is -3.44. The van der Waals surface area contributed by atoms with E-state index in [9.17, 15) is 23.2 Å². The number of carbonyl (C=O) groups excluding carboxylic acids is 1. The fourth-order valence-corrected chi connectivity index (χ4v) is 5.01. The van der Waals surface area contributed by atoms with Gasteiger partial charge in [0.1, 0.15) is 5.75 Å². The van der Waals surface area contributed by atoms with Crippen molar-refractivity contribution in [2.75, 3.05) is 24.3 Å². The Kier molecular flexibility index (Phi) is 9.46. The molecule has 0 radical (unpaired) electrons. The maximum Gasteiger partial charge on any atom is 0.487 e. The predicted molar refractivity (Wildman–Crippen MR) is 155 cm³/mol. The zero-order valence-electron chi connectivity index (χ0n) is 23.2. The number of hydrogen-bond acceptors (Lipinski definition) is 8. The third kappa shape index (κ3) is 7.05. The molecule has 15 heteroatoms. The number of rotatable bonds is 12. The van der Waals surface area contributed by atoms with Crippen LogP contribution in [0.2, 0.25) is 0 Å². The molecule has 224 valence electrons. The van der Waals surface area contributed by atoms with Crippen LogP contribution in [-0.4, -0.2) is 49.1 Å². The number of alkyl halides is 3. The summed E-state index contributed by atoms with van der Waals surface area (Å²) < 4.78 is 45.3. The number of carbonyl (C=O) groups is 1. The van der Waals surface area contributed by atoms with Gasteiger partial charge in [-0.3, -0.25) is 18.7 Å². The number of anilines is 1. The summed E-state index contributed by atoms with van der Waals surface area (Å²) in [5, 5.41) is 2.99. The molecule has 0 atom stereocenters. The van der Waals surface area contributed by atoms with Gasteiger partial charge in [0.2, 0.25) is 5.91 Å². The zero-order valence-corrected chi connectivity index (χ0v) is 24.7. The highest BCUT2D eigenvalue weighted by Gasteiger charge is 2.27. The minimum absolute atomic E-state index is 0.108. The molecule has 0 saturated heterocycles. The normalized spacial score (nSPS) is 11.5. The summed E-state index contributed by atoms with van der Waals surface area (Å²) in [6.45, 7) is 4.79. The Hall–Kier alpha value is -4.04. The van der Waals surface area contributed by atoms with Gasteiger partial charge in [0.15, 0.2) is 27.8 Å². The minimum atomic E-state index is -3.85. The van der Waals surface area contributed by atoms with Gasteiger partial charge in [0.25, 0.3) is 5.56 Å². The molecule has 0 unspecified atom stereocenters. The lowest BCUT2D eigenvalue weighted by Gasteiger charge is -2.14. The van der Waals surface area contributed by atoms with E-state index in [1.165, 1.54) is 42.9 Å². The topological polar surface area (TPSA) is 119 Å². The van der Waals surface area contributed by atoms with E-state index in [1.807, 2.05) is 19.9 Å². The molecule has 0 spiro atoms. The average Bonchev–Trinajstić information content (AvgIpc) is 3.29. The van der Waals surface area contributed by atoms with Crippen LogP contribution in [0.1, 0.15) is 19.4 Å². The van der Waals surface area contributed by atoms with E-state index in [0.717, 1.165) is 21.9 Å². The molecule has 2 aromatic heterocycles. The molecule has 4 rings (SSSR count). The second-order valence-electron chi connectivity index (χ2n) is 8.91. The van der Waals surface area contributed by atoms with Crippen LogP contribution in [0.15, 0.2) is 57.2 Å². The van der Waals surface area contributed by atoms with Crippen LogP contribution in [0, 0.1) is 0 Å². The number of imidazole rings is 1. The predicted octanol–water partition coefficient (Wildman–Crippen LogP) is 4.18. The van der Waals surface area contributed by atoms with Gasteiger partial charge in [-0.25, -0.2) is 9.78 Å². The molecule has 0 fully saturated rings. The van der Waals surface area contributed by atoms with Crippen LogP contribution in [0.25, 0.3) is 11.2 Å². The summed E-state index contributed by atoms with van der Waals surface area (Å²) in [6, 6.07) is 10.7. The van der Waals surface area contributed by atoms with Gasteiger partial charge >= 0.3 is 11.3 Å². The van der Waals surface area contributed by atoms with Crippen molar-refractivity contribution in [1.82, 2.24) is 18.7 Å². The third-order valence-electron chi connectivity index (χ3n) is 5.97. The highest BCUT2D eigenvalue weighted by Crippen LogP contribution is 2.31. The number of benzene rings is 2. The molecular weight excluding hydrogens is 596 g/mol. The molecule has 42 heavy (non-hydrogen) atoms. The molecule has 0 aliphatic heterocycles. The number of hydrogen-bond donors (Lipinski definition) is 1. The zero-order chi connectivity index (χ0) is 30.6. The Morgan fingerprint density at radius 1 is 1.02 bits per heavy atom. The highest BCUT2D eigenvalue weighted by molar-refractivity contribution is 7.99. The maximum atomic E-state index is 13.2. The number of halogens is 3. The van der Waals surface area contributed by atoms with E-state index in [-0.39, 0.29) is 29.2 Å². The first-order chi connectivity index (χ1) is 19.9. The largest absolute Gasteiger partial charge is 0.490 e. The number of aromatic nitrogens is 4. The van der Waals surface area contributed by atoms with E-state index in [0.29, 0.717) is 35.6 Å². The number of nitrogens with one attached hydrogen (secondary N) is 1. The first kappa shape index (κ1) is 30.9. The quantitative estimate of drug-likeness (QED) is 0.184. The fraction of sp³-hybridized carbons (Fsp3) is 0.333. The SMILES string of the molecule is CCOc1ccc(Cn2c(SCC(=O)Nc3ccc(OC(F)(F)Cl)cc3)nc3c2c(=O)n(C)c(=O)n3C)cc1OCC. The highest BCUT2D eigenvalue weighted by atomic mass is 35.5. The van der Waals surface area contributed by atoms with Gasteiger partial charge in [0.05, 0.1) is 25.5 Å². The second kappa shape index (κ2) is 12.9. The number of amides is 1. The number of thioether (sulfide) groups is 1. The van der Waals surface area contributed by atoms with Crippen molar-refractivity contribution < 1.29 is 27.8 Å². The van der Waals surface area contributed by atoms with Crippen molar-refractivity contribution in [2.24, 2.45) is 14.1 Å². The van der Waals surface area contributed by atoms with Gasteiger partial charge in [-0.15, -0.1) is 8.78 Å². The van der Waals surface area contributed by atoms with Crippen LogP contribution in [0.5, 0.6) is 17.2 Å². The Morgan fingerprint density at radius 3 is 2.33 bits per heavy atom. The van der Waals surface area contributed by atoms with Gasteiger partial charge in [-0.1, -0.05) is 17.8 Å². The second-order valence-corrected chi connectivity index (χ2v) is 10.3. The molecule has 0 saturated carbocycles. The molecular formula is C27H28ClF2N5O6S. The van der Waals surface area contributed by atoms with Gasteiger partial charge < -0.3 is 24.1 Å². The number of nitrogens with zero attached hydrogens (tertiary/aromatic N) is 4. The van der Waals surface area contributed by atoms with Crippen LogP contribution >= 0.6 is 23.4 Å². The van der Waals surface area contributed by atoms with Crippen LogP contribution in [0.4, 0.5) is 14.5 Å². The molecule has 2 aromatic carbocycles. The molecule has 4 aromatic rings. The van der Waals surface area contributed by atoms with Crippen LogP contribution in [0.3, 0.4) is 0 Å². The maximum absolute atomic E-state index is 13.2.